The molecule has 0 aromatic heterocycles. The molecule has 0 saturated heterocycles. The van der Waals surface area contributed by atoms with Crippen LogP contribution in [0.15, 0.2) is 12.1 Å². The van der Waals surface area contributed by atoms with E-state index in [1.165, 1.54) is 0 Å². The number of ether oxygens (including phenoxy) is 1. The smallest absolute Gasteiger partial charge is 0.307 e. The molecule has 0 radical (unpaired) electrons. The molecule has 1 aromatic carbocycles. The normalized spacial score (nSPS) is 10.1. The molecule has 1 aromatic rings. The number of nitro groups is 1. The second kappa shape index (κ2) is 6.89. The molecule has 0 bridgehead atoms. The maximum Gasteiger partial charge on any atom is 0.307 e. The first-order valence-electron chi connectivity index (χ1n) is 5.48. The van der Waals surface area contributed by atoms with Crippen LogP contribution in [0.3, 0.4) is 0 Å². The van der Waals surface area contributed by atoms with E-state index in [0.717, 1.165) is 12.1 Å². The molecule has 0 aliphatic rings. The summed E-state index contributed by atoms with van der Waals surface area (Å²) >= 11 is 5.47. The Morgan fingerprint density at radius 1 is 1.58 bits per heavy atom. The van der Waals surface area contributed by atoms with Crippen molar-refractivity contribution in [3.05, 3.63) is 33.1 Å². The van der Waals surface area contributed by atoms with Gasteiger partial charge in [0.15, 0.2) is 0 Å². The van der Waals surface area contributed by atoms with E-state index in [4.69, 9.17) is 16.3 Å². The molecule has 6 nitrogen and oxygen atoms in total. The standard InChI is InChI=1S/C11H12ClFN2O4/c1-2-19-11(16)3-4-14-9-6-8(13)7(12)5-10(9)15(17)18/h5-6,14H,2-4H2,1H3. The van der Waals surface area contributed by atoms with Crippen LogP contribution in [0.25, 0.3) is 0 Å². The molecule has 0 heterocycles. The SMILES string of the molecule is CCOC(=O)CCNc1cc(F)c(Cl)cc1[N+](=O)[O-]. The van der Waals surface area contributed by atoms with E-state index < -0.39 is 16.7 Å². The van der Waals surface area contributed by atoms with E-state index in [-0.39, 0.29) is 36.0 Å². The monoisotopic (exact) mass is 290 g/mol. The van der Waals surface area contributed by atoms with Gasteiger partial charge in [0.25, 0.3) is 5.69 Å². The summed E-state index contributed by atoms with van der Waals surface area (Å²) in [7, 11) is 0. The summed E-state index contributed by atoms with van der Waals surface area (Å²) in [5, 5.41) is 13.1. The highest BCUT2D eigenvalue weighted by Crippen LogP contribution is 2.30. The zero-order valence-corrected chi connectivity index (χ0v) is 10.9. The first kappa shape index (κ1) is 15.2. The van der Waals surface area contributed by atoms with E-state index in [9.17, 15) is 19.3 Å². The Bertz CT molecular complexity index is 496. The Kier molecular flexibility index (Phi) is 5.50. The molecule has 8 heteroatoms. The van der Waals surface area contributed by atoms with Crippen molar-refractivity contribution in [3.8, 4) is 0 Å². The lowest BCUT2D eigenvalue weighted by atomic mass is 10.2. The Morgan fingerprint density at radius 3 is 2.84 bits per heavy atom. The third kappa shape index (κ3) is 4.36. The van der Waals surface area contributed by atoms with Gasteiger partial charge in [0.2, 0.25) is 0 Å². The topological polar surface area (TPSA) is 81.5 Å². The van der Waals surface area contributed by atoms with E-state index in [0.29, 0.717) is 0 Å². The highest BCUT2D eigenvalue weighted by Gasteiger charge is 2.17. The number of rotatable bonds is 6. The fraction of sp³-hybridized carbons (Fsp3) is 0.364. The van der Waals surface area contributed by atoms with Crippen LogP contribution in [-0.2, 0) is 9.53 Å². The largest absolute Gasteiger partial charge is 0.466 e. The van der Waals surface area contributed by atoms with Crippen molar-refractivity contribution >= 4 is 28.9 Å². The molecule has 0 amide bonds. The number of anilines is 1. The summed E-state index contributed by atoms with van der Waals surface area (Å²) in [6.07, 6.45) is 0.0231. The lowest BCUT2D eigenvalue weighted by Crippen LogP contribution is -2.12. The van der Waals surface area contributed by atoms with Gasteiger partial charge in [-0.15, -0.1) is 0 Å². The minimum atomic E-state index is -0.772. The highest BCUT2D eigenvalue weighted by atomic mass is 35.5. The molecule has 19 heavy (non-hydrogen) atoms. The molecule has 104 valence electrons. The first-order valence-corrected chi connectivity index (χ1v) is 5.86. The van der Waals surface area contributed by atoms with Crippen molar-refractivity contribution in [1.29, 1.82) is 0 Å². The average molecular weight is 291 g/mol. The molecule has 1 N–H and O–H groups in total. The Labute approximate surface area is 113 Å². The van der Waals surface area contributed by atoms with Crippen molar-refractivity contribution in [2.45, 2.75) is 13.3 Å². The summed E-state index contributed by atoms with van der Waals surface area (Å²) in [5.74, 6) is -1.21. The number of benzene rings is 1. The first-order chi connectivity index (χ1) is 8.95. The van der Waals surface area contributed by atoms with Crippen molar-refractivity contribution in [3.63, 3.8) is 0 Å². The van der Waals surface area contributed by atoms with Crippen molar-refractivity contribution in [2.24, 2.45) is 0 Å². The zero-order valence-electron chi connectivity index (χ0n) is 10.1. The maximum atomic E-state index is 13.2. The number of halogens is 2. The number of hydrogen-bond donors (Lipinski definition) is 1. The predicted molar refractivity (Wildman–Crippen MR) is 67.8 cm³/mol. The third-order valence-electron chi connectivity index (χ3n) is 2.19. The lowest BCUT2D eigenvalue weighted by Gasteiger charge is -2.07. The van der Waals surface area contributed by atoms with Crippen LogP contribution in [-0.4, -0.2) is 24.0 Å². The summed E-state index contributed by atoms with van der Waals surface area (Å²) in [6, 6.07) is 1.84. The van der Waals surface area contributed by atoms with Crippen LogP contribution in [0.1, 0.15) is 13.3 Å². The Morgan fingerprint density at radius 2 is 2.26 bits per heavy atom. The van der Waals surface area contributed by atoms with Crippen LogP contribution in [0.2, 0.25) is 5.02 Å². The lowest BCUT2D eigenvalue weighted by molar-refractivity contribution is -0.384. The van der Waals surface area contributed by atoms with Crippen LogP contribution in [0, 0.1) is 15.9 Å². The maximum absolute atomic E-state index is 13.2. The average Bonchev–Trinajstić information content (AvgIpc) is 2.33. The van der Waals surface area contributed by atoms with Crippen LogP contribution >= 0.6 is 11.6 Å². The van der Waals surface area contributed by atoms with Gasteiger partial charge in [-0.1, -0.05) is 11.6 Å². The number of nitrogens with zero attached hydrogens (tertiary/aromatic N) is 1. The number of esters is 1. The number of carbonyl (C=O) groups excluding carboxylic acids is 1. The highest BCUT2D eigenvalue weighted by molar-refractivity contribution is 6.31. The minimum absolute atomic E-state index is 0.0231. The van der Waals surface area contributed by atoms with Gasteiger partial charge in [-0.25, -0.2) is 4.39 Å². The van der Waals surface area contributed by atoms with E-state index in [1.807, 2.05) is 0 Å². The molecule has 0 unspecified atom stereocenters. The van der Waals surface area contributed by atoms with Gasteiger partial charge in [-0.2, -0.15) is 0 Å². The van der Waals surface area contributed by atoms with E-state index in [1.54, 1.807) is 6.92 Å². The van der Waals surface area contributed by atoms with E-state index >= 15 is 0 Å². The molecule has 0 aliphatic carbocycles. The van der Waals surface area contributed by atoms with Crippen LogP contribution in [0.4, 0.5) is 15.8 Å². The van der Waals surface area contributed by atoms with Gasteiger partial charge in [0.05, 0.1) is 23.0 Å². The summed E-state index contributed by atoms with van der Waals surface area (Å²) < 4.78 is 17.9. The van der Waals surface area contributed by atoms with Crippen molar-refractivity contribution in [2.75, 3.05) is 18.5 Å². The molecule has 0 aliphatic heterocycles. The number of carbonyl (C=O) groups is 1. The van der Waals surface area contributed by atoms with Crippen molar-refractivity contribution in [1.82, 2.24) is 0 Å². The molecule has 0 fully saturated rings. The summed E-state index contributed by atoms with van der Waals surface area (Å²) in [6.45, 7) is 2.03. The fourth-order valence-electron chi connectivity index (χ4n) is 1.36. The molecule has 0 spiro atoms. The van der Waals surface area contributed by atoms with Gasteiger partial charge in [0, 0.05) is 18.7 Å². The quantitative estimate of drug-likeness (QED) is 0.495. The second-order valence-corrected chi connectivity index (χ2v) is 3.93. The Hall–Kier alpha value is -1.89. The van der Waals surface area contributed by atoms with E-state index in [2.05, 4.69) is 5.32 Å². The Balaban J connectivity index is 2.74. The van der Waals surface area contributed by atoms with Crippen LogP contribution < -0.4 is 5.32 Å². The van der Waals surface area contributed by atoms with Crippen LogP contribution in [0.5, 0.6) is 0 Å². The zero-order chi connectivity index (χ0) is 14.4. The van der Waals surface area contributed by atoms with Gasteiger partial charge >= 0.3 is 5.97 Å². The third-order valence-corrected chi connectivity index (χ3v) is 2.47. The summed E-state index contributed by atoms with van der Waals surface area (Å²) in [4.78, 5) is 21.2. The van der Waals surface area contributed by atoms with Gasteiger partial charge in [0.1, 0.15) is 11.5 Å². The fourth-order valence-corrected chi connectivity index (χ4v) is 1.52. The molecule has 0 saturated carbocycles. The van der Waals surface area contributed by atoms with Gasteiger partial charge in [-0.05, 0) is 6.92 Å². The number of hydrogen-bond acceptors (Lipinski definition) is 5. The second-order valence-electron chi connectivity index (χ2n) is 3.52. The molecular formula is C11H12ClFN2O4. The van der Waals surface area contributed by atoms with Gasteiger partial charge in [-0.3, -0.25) is 14.9 Å². The van der Waals surface area contributed by atoms with Gasteiger partial charge < -0.3 is 10.1 Å². The number of nitro benzene ring substituents is 1. The predicted octanol–water partition coefficient (Wildman–Crippen LogP) is 2.75. The number of nitrogens with one attached hydrogen (secondary N) is 1. The molecule has 0 atom stereocenters. The molecular weight excluding hydrogens is 279 g/mol. The van der Waals surface area contributed by atoms with Crippen molar-refractivity contribution < 1.29 is 18.8 Å². The molecule has 1 rings (SSSR count). The minimum Gasteiger partial charge on any atom is -0.466 e. The summed E-state index contributed by atoms with van der Waals surface area (Å²) in [5.41, 5.74) is -0.383.